The van der Waals surface area contributed by atoms with Crippen molar-refractivity contribution < 1.29 is 4.74 Å². The fourth-order valence-electron chi connectivity index (χ4n) is 1.24. The third kappa shape index (κ3) is 3.10. The molecule has 3 heteroatoms. The lowest BCUT2D eigenvalue weighted by molar-refractivity contribution is -0.00488. The van der Waals surface area contributed by atoms with Crippen LogP contribution in [0.3, 0.4) is 0 Å². The molecule has 0 radical (unpaired) electrons. The van der Waals surface area contributed by atoms with Crippen LogP contribution in [0.5, 0.6) is 0 Å². The molecule has 0 saturated heterocycles. The van der Waals surface area contributed by atoms with E-state index in [0.29, 0.717) is 0 Å². The molecule has 0 amide bonds. The van der Waals surface area contributed by atoms with Gasteiger partial charge in [-0.3, -0.25) is 0 Å². The summed E-state index contributed by atoms with van der Waals surface area (Å²) in [7, 11) is 0. The van der Waals surface area contributed by atoms with E-state index in [9.17, 15) is 0 Å². The maximum absolute atomic E-state index is 5.86. The van der Waals surface area contributed by atoms with Crippen LogP contribution < -0.4 is 5.73 Å². The maximum atomic E-state index is 5.86. The van der Waals surface area contributed by atoms with Crippen molar-refractivity contribution in [3.05, 3.63) is 22.4 Å². The van der Waals surface area contributed by atoms with Crippen LogP contribution >= 0.6 is 11.3 Å². The zero-order valence-corrected chi connectivity index (χ0v) is 9.17. The van der Waals surface area contributed by atoms with E-state index in [1.54, 1.807) is 11.3 Å². The standard InChI is InChI=1S/C10H17NOS/c1-7(2)12-10(8(3)11)9-4-5-13-6-9/h4-8,10H,11H2,1-3H3. The molecule has 0 aliphatic heterocycles. The molecule has 0 bridgehead atoms. The van der Waals surface area contributed by atoms with E-state index in [2.05, 4.69) is 16.8 Å². The van der Waals surface area contributed by atoms with Crippen LogP contribution in [0.1, 0.15) is 32.4 Å². The predicted octanol–water partition coefficient (Wildman–Crippen LogP) is 2.56. The highest BCUT2D eigenvalue weighted by atomic mass is 32.1. The number of ether oxygens (including phenoxy) is 1. The number of hydrogen-bond acceptors (Lipinski definition) is 3. The average molecular weight is 199 g/mol. The highest BCUT2D eigenvalue weighted by Crippen LogP contribution is 2.23. The summed E-state index contributed by atoms with van der Waals surface area (Å²) in [5, 5.41) is 4.14. The zero-order chi connectivity index (χ0) is 9.84. The molecular weight excluding hydrogens is 182 g/mol. The number of nitrogens with two attached hydrogens (primary N) is 1. The van der Waals surface area contributed by atoms with Gasteiger partial charge in [0.15, 0.2) is 0 Å². The Morgan fingerprint density at radius 2 is 2.08 bits per heavy atom. The van der Waals surface area contributed by atoms with Gasteiger partial charge in [-0.1, -0.05) is 0 Å². The van der Waals surface area contributed by atoms with Gasteiger partial charge in [0.2, 0.25) is 0 Å². The molecule has 1 heterocycles. The molecule has 74 valence electrons. The van der Waals surface area contributed by atoms with Gasteiger partial charge in [0.25, 0.3) is 0 Å². The normalized spacial score (nSPS) is 16.1. The molecule has 13 heavy (non-hydrogen) atoms. The molecule has 0 saturated carbocycles. The summed E-state index contributed by atoms with van der Waals surface area (Å²) in [5.74, 6) is 0. The van der Waals surface area contributed by atoms with Crippen molar-refractivity contribution in [2.24, 2.45) is 5.73 Å². The predicted molar refractivity (Wildman–Crippen MR) is 56.9 cm³/mol. The molecule has 2 atom stereocenters. The van der Waals surface area contributed by atoms with E-state index in [4.69, 9.17) is 10.5 Å². The maximum Gasteiger partial charge on any atom is 0.0984 e. The zero-order valence-electron chi connectivity index (χ0n) is 8.36. The lowest BCUT2D eigenvalue weighted by Crippen LogP contribution is -2.28. The summed E-state index contributed by atoms with van der Waals surface area (Å²) in [5.41, 5.74) is 7.04. The fraction of sp³-hybridized carbons (Fsp3) is 0.600. The Bertz CT molecular complexity index is 231. The Balaban J connectivity index is 2.69. The van der Waals surface area contributed by atoms with Crippen molar-refractivity contribution in [1.29, 1.82) is 0 Å². The van der Waals surface area contributed by atoms with Gasteiger partial charge in [0.1, 0.15) is 0 Å². The van der Waals surface area contributed by atoms with Gasteiger partial charge in [0.05, 0.1) is 12.2 Å². The molecule has 2 unspecified atom stereocenters. The largest absolute Gasteiger partial charge is 0.369 e. The minimum Gasteiger partial charge on any atom is -0.369 e. The van der Waals surface area contributed by atoms with E-state index < -0.39 is 0 Å². The van der Waals surface area contributed by atoms with Crippen LogP contribution in [0.2, 0.25) is 0 Å². The second kappa shape index (κ2) is 4.74. The van der Waals surface area contributed by atoms with Crippen molar-refractivity contribution in [1.82, 2.24) is 0 Å². The summed E-state index contributed by atoms with van der Waals surface area (Å²) < 4.78 is 5.74. The first-order chi connectivity index (χ1) is 6.11. The SMILES string of the molecule is CC(C)OC(c1ccsc1)C(C)N. The Morgan fingerprint density at radius 3 is 2.46 bits per heavy atom. The monoisotopic (exact) mass is 199 g/mol. The van der Waals surface area contributed by atoms with E-state index in [1.807, 2.05) is 20.8 Å². The van der Waals surface area contributed by atoms with Crippen LogP contribution in [0.15, 0.2) is 16.8 Å². The first kappa shape index (κ1) is 10.7. The smallest absolute Gasteiger partial charge is 0.0984 e. The molecule has 2 nitrogen and oxygen atoms in total. The van der Waals surface area contributed by atoms with E-state index in [-0.39, 0.29) is 18.2 Å². The van der Waals surface area contributed by atoms with Crippen molar-refractivity contribution in [3.8, 4) is 0 Å². The number of thiophene rings is 1. The lowest BCUT2D eigenvalue weighted by atomic mass is 10.1. The Kier molecular flexibility index (Phi) is 3.90. The van der Waals surface area contributed by atoms with Crippen molar-refractivity contribution in [3.63, 3.8) is 0 Å². The van der Waals surface area contributed by atoms with Crippen LogP contribution in [0, 0.1) is 0 Å². The average Bonchev–Trinajstić information content (AvgIpc) is 2.50. The Hall–Kier alpha value is -0.380. The summed E-state index contributed by atoms with van der Waals surface area (Å²) in [4.78, 5) is 0. The van der Waals surface area contributed by atoms with E-state index in [0.717, 1.165) is 0 Å². The second-order valence-electron chi connectivity index (χ2n) is 3.52. The van der Waals surface area contributed by atoms with Gasteiger partial charge < -0.3 is 10.5 Å². The molecular formula is C10H17NOS. The lowest BCUT2D eigenvalue weighted by Gasteiger charge is -2.22. The molecule has 0 spiro atoms. The molecule has 0 fully saturated rings. The summed E-state index contributed by atoms with van der Waals surface area (Å²) in [6.45, 7) is 6.04. The van der Waals surface area contributed by atoms with Crippen LogP contribution in [0.4, 0.5) is 0 Å². The first-order valence-corrected chi connectivity index (χ1v) is 5.48. The topological polar surface area (TPSA) is 35.2 Å². The summed E-state index contributed by atoms with van der Waals surface area (Å²) >= 11 is 1.68. The van der Waals surface area contributed by atoms with Crippen LogP contribution in [-0.2, 0) is 4.74 Å². The molecule has 0 aliphatic carbocycles. The molecule has 0 aromatic carbocycles. The first-order valence-electron chi connectivity index (χ1n) is 4.54. The molecule has 2 N–H and O–H groups in total. The minimum atomic E-state index is 0.0336. The summed E-state index contributed by atoms with van der Waals surface area (Å²) in [6, 6.07) is 2.11. The number of rotatable bonds is 4. The van der Waals surface area contributed by atoms with Gasteiger partial charge >= 0.3 is 0 Å². The van der Waals surface area contributed by atoms with Crippen LogP contribution in [0.25, 0.3) is 0 Å². The van der Waals surface area contributed by atoms with Crippen molar-refractivity contribution in [2.75, 3.05) is 0 Å². The second-order valence-corrected chi connectivity index (χ2v) is 4.30. The Labute approximate surface area is 83.7 Å². The molecule has 1 aromatic rings. The van der Waals surface area contributed by atoms with Gasteiger partial charge in [-0.25, -0.2) is 0 Å². The van der Waals surface area contributed by atoms with Crippen molar-refractivity contribution in [2.45, 2.75) is 39.0 Å². The van der Waals surface area contributed by atoms with Gasteiger partial charge in [-0.15, -0.1) is 0 Å². The van der Waals surface area contributed by atoms with Crippen molar-refractivity contribution >= 4 is 11.3 Å². The highest BCUT2D eigenvalue weighted by Gasteiger charge is 2.18. The van der Waals surface area contributed by atoms with Crippen LogP contribution in [-0.4, -0.2) is 12.1 Å². The Morgan fingerprint density at radius 1 is 1.38 bits per heavy atom. The molecule has 1 aromatic heterocycles. The van der Waals surface area contributed by atoms with E-state index >= 15 is 0 Å². The number of hydrogen-bond donors (Lipinski definition) is 1. The fourth-order valence-corrected chi connectivity index (χ4v) is 1.92. The molecule has 1 rings (SSSR count). The third-order valence-corrected chi connectivity index (χ3v) is 2.47. The quantitative estimate of drug-likeness (QED) is 0.809. The summed E-state index contributed by atoms with van der Waals surface area (Å²) in [6.07, 6.45) is 0.252. The van der Waals surface area contributed by atoms with Gasteiger partial charge in [0, 0.05) is 6.04 Å². The minimum absolute atomic E-state index is 0.0336. The third-order valence-electron chi connectivity index (χ3n) is 1.77. The molecule has 0 aliphatic rings. The van der Waals surface area contributed by atoms with Gasteiger partial charge in [-0.05, 0) is 43.2 Å². The van der Waals surface area contributed by atoms with E-state index in [1.165, 1.54) is 5.56 Å². The highest BCUT2D eigenvalue weighted by molar-refractivity contribution is 7.07. The van der Waals surface area contributed by atoms with Gasteiger partial charge in [-0.2, -0.15) is 11.3 Å².